The van der Waals surface area contributed by atoms with Crippen molar-refractivity contribution < 1.29 is 4.74 Å². The van der Waals surface area contributed by atoms with Crippen LogP contribution < -0.4 is 9.84 Å². The molecule has 0 saturated carbocycles. The molecule has 0 aliphatic rings. The summed E-state index contributed by atoms with van der Waals surface area (Å²) in [6.45, 7) is 0. The lowest BCUT2D eigenvalue weighted by atomic mass is 10.2. The first-order chi connectivity index (χ1) is 8.93. The molecule has 88 valence electrons. The zero-order chi connectivity index (χ0) is 12.2. The maximum atomic E-state index is 5.80. The Kier molecular flexibility index (Phi) is 2.71. The third kappa shape index (κ3) is 2.06. The van der Waals surface area contributed by atoms with E-state index < -0.39 is 0 Å². The van der Waals surface area contributed by atoms with Crippen LogP contribution in [0.2, 0.25) is 0 Å². The normalized spacial score (nSPS) is 10.2. The summed E-state index contributed by atoms with van der Waals surface area (Å²) < 4.78 is 5.80. The van der Waals surface area contributed by atoms with Gasteiger partial charge in [0.05, 0.1) is 0 Å². The van der Waals surface area contributed by atoms with Gasteiger partial charge in [0.1, 0.15) is 11.5 Å². The van der Waals surface area contributed by atoms with Gasteiger partial charge in [-0.25, -0.2) is 0 Å². The van der Waals surface area contributed by atoms with Crippen LogP contribution in [0.1, 0.15) is 0 Å². The Morgan fingerprint density at radius 3 is 2.44 bits per heavy atom. The van der Waals surface area contributed by atoms with Crippen LogP contribution in [0.15, 0.2) is 54.6 Å². The van der Waals surface area contributed by atoms with E-state index in [0.717, 1.165) is 11.3 Å². The number of tetrazole rings is 1. The van der Waals surface area contributed by atoms with Crippen molar-refractivity contribution in [1.29, 1.82) is 0 Å². The third-order valence-electron chi connectivity index (χ3n) is 2.42. The van der Waals surface area contributed by atoms with Gasteiger partial charge in [-0.3, -0.25) is 10.3 Å². The van der Waals surface area contributed by atoms with Gasteiger partial charge in [0.15, 0.2) is 0 Å². The van der Waals surface area contributed by atoms with Crippen molar-refractivity contribution >= 4 is 0 Å². The van der Waals surface area contributed by atoms with Gasteiger partial charge in [0.2, 0.25) is 0 Å². The molecule has 1 heterocycles. The molecule has 0 spiro atoms. The lowest BCUT2D eigenvalue weighted by Crippen LogP contribution is -1.90. The van der Waals surface area contributed by atoms with Gasteiger partial charge in [-0.05, 0) is 18.2 Å². The minimum absolute atomic E-state index is 0.460. The Labute approximate surface area is 103 Å². The molecular weight excluding hydrogens is 228 g/mol. The fourth-order valence-corrected chi connectivity index (χ4v) is 1.61. The molecule has 0 amide bonds. The predicted octanol–water partition coefficient (Wildman–Crippen LogP) is 2.29. The smallest absolute Gasteiger partial charge is 0.135 e. The number of nitrogens with zero attached hydrogens (tertiary/aromatic N) is 4. The molecule has 1 aromatic heterocycles. The topological polar surface area (TPSA) is 62.0 Å². The Morgan fingerprint density at radius 1 is 0.889 bits per heavy atom. The maximum absolute atomic E-state index is 5.80. The van der Waals surface area contributed by atoms with Crippen LogP contribution in [0.4, 0.5) is 0 Å². The fraction of sp³-hybridized carbons (Fsp3) is 0. The molecule has 0 radical (unpaired) electrons. The van der Waals surface area contributed by atoms with E-state index in [2.05, 4.69) is 20.6 Å². The van der Waals surface area contributed by atoms with E-state index in [1.807, 2.05) is 54.6 Å². The number of hydrogen-bond donors (Lipinski definition) is 0. The molecule has 3 rings (SSSR count). The van der Waals surface area contributed by atoms with Gasteiger partial charge in [-0.1, -0.05) is 36.4 Å². The zero-order valence-corrected chi connectivity index (χ0v) is 9.39. The molecule has 3 aromatic rings. The molecule has 0 N–H and O–H groups in total. The van der Waals surface area contributed by atoms with Gasteiger partial charge < -0.3 is 9.84 Å². The highest BCUT2D eigenvalue weighted by Gasteiger charge is 2.05. The number of benzene rings is 2. The molecule has 2 aromatic carbocycles. The van der Waals surface area contributed by atoms with Crippen LogP contribution in [0.3, 0.4) is 0 Å². The second kappa shape index (κ2) is 4.67. The summed E-state index contributed by atoms with van der Waals surface area (Å²) in [4.78, 5) is 0. The zero-order valence-electron chi connectivity index (χ0n) is 9.39. The number of hydrogen-bond acceptors (Lipinski definition) is 4. The molecule has 0 aliphatic carbocycles. The SMILES string of the molecule is c1ccc(Oc2ccccc2-c2nnn[n-]2)cc1. The summed E-state index contributed by atoms with van der Waals surface area (Å²) in [5.74, 6) is 1.90. The van der Waals surface area contributed by atoms with Crippen LogP contribution >= 0.6 is 0 Å². The van der Waals surface area contributed by atoms with Crippen molar-refractivity contribution in [3.8, 4) is 22.9 Å². The summed E-state index contributed by atoms with van der Waals surface area (Å²) in [6.07, 6.45) is 0. The van der Waals surface area contributed by atoms with Gasteiger partial charge in [0, 0.05) is 11.4 Å². The van der Waals surface area contributed by atoms with Crippen LogP contribution in [0, 0.1) is 0 Å². The van der Waals surface area contributed by atoms with Crippen molar-refractivity contribution in [3.05, 3.63) is 54.6 Å². The molecule has 18 heavy (non-hydrogen) atoms. The van der Waals surface area contributed by atoms with E-state index in [1.165, 1.54) is 0 Å². The highest BCUT2D eigenvalue weighted by molar-refractivity contribution is 5.63. The van der Waals surface area contributed by atoms with Crippen molar-refractivity contribution in [1.82, 2.24) is 20.6 Å². The number of aromatic nitrogens is 4. The molecule has 0 atom stereocenters. The van der Waals surface area contributed by atoms with Crippen molar-refractivity contribution in [2.75, 3.05) is 0 Å². The Balaban J connectivity index is 1.98. The van der Waals surface area contributed by atoms with Crippen molar-refractivity contribution in [2.24, 2.45) is 0 Å². The second-order valence-corrected chi connectivity index (χ2v) is 3.61. The quantitative estimate of drug-likeness (QED) is 0.699. The number of rotatable bonds is 3. The summed E-state index contributed by atoms with van der Waals surface area (Å²) in [7, 11) is 0. The van der Waals surface area contributed by atoms with Crippen LogP contribution in [0.25, 0.3) is 11.4 Å². The van der Waals surface area contributed by atoms with E-state index in [9.17, 15) is 0 Å². The lowest BCUT2D eigenvalue weighted by Gasteiger charge is -2.10. The molecular formula is C13H9N4O-. The van der Waals surface area contributed by atoms with Crippen molar-refractivity contribution in [3.63, 3.8) is 0 Å². The molecule has 5 nitrogen and oxygen atoms in total. The van der Waals surface area contributed by atoms with Crippen LogP contribution in [-0.2, 0) is 0 Å². The first-order valence-corrected chi connectivity index (χ1v) is 5.44. The Morgan fingerprint density at radius 2 is 1.67 bits per heavy atom. The molecule has 5 heteroatoms. The largest absolute Gasteiger partial charge is 0.457 e. The summed E-state index contributed by atoms with van der Waals surface area (Å²) in [6, 6.07) is 17.1. The van der Waals surface area contributed by atoms with E-state index in [1.54, 1.807) is 0 Å². The van der Waals surface area contributed by atoms with E-state index >= 15 is 0 Å². The summed E-state index contributed by atoms with van der Waals surface area (Å²) in [5.41, 5.74) is 0.770. The molecule has 0 saturated heterocycles. The molecule has 0 fully saturated rings. The Bertz CT molecular complexity index is 623. The average Bonchev–Trinajstić information content (AvgIpc) is 2.94. The minimum Gasteiger partial charge on any atom is -0.457 e. The molecule has 0 bridgehead atoms. The standard InChI is InChI=1S/C13H9N4O/c1-2-6-10(7-3-1)18-12-9-5-4-8-11(12)13-14-16-17-15-13/h1-9H/q-1. The van der Waals surface area contributed by atoms with Crippen LogP contribution in [0.5, 0.6) is 11.5 Å². The number of ether oxygens (including phenoxy) is 1. The average molecular weight is 237 g/mol. The van der Waals surface area contributed by atoms with Gasteiger partial charge in [-0.2, -0.15) is 5.21 Å². The van der Waals surface area contributed by atoms with E-state index in [-0.39, 0.29) is 0 Å². The maximum Gasteiger partial charge on any atom is 0.135 e. The first-order valence-electron chi connectivity index (χ1n) is 5.44. The third-order valence-corrected chi connectivity index (χ3v) is 2.42. The Hall–Kier alpha value is -2.69. The highest BCUT2D eigenvalue weighted by atomic mass is 16.5. The van der Waals surface area contributed by atoms with Gasteiger partial charge >= 0.3 is 0 Å². The predicted molar refractivity (Wildman–Crippen MR) is 65.1 cm³/mol. The molecule has 0 aliphatic heterocycles. The lowest BCUT2D eigenvalue weighted by molar-refractivity contribution is 0.484. The van der Waals surface area contributed by atoms with E-state index in [0.29, 0.717) is 11.6 Å². The monoisotopic (exact) mass is 237 g/mol. The van der Waals surface area contributed by atoms with Gasteiger partial charge in [-0.15, -0.1) is 0 Å². The van der Waals surface area contributed by atoms with E-state index in [4.69, 9.17) is 4.74 Å². The van der Waals surface area contributed by atoms with Gasteiger partial charge in [0.25, 0.3) is 0 Å². The summed E-state index contributed by atoms with van der Waals surface area (Å²) >= 11 is 0. The second-order valence-electron chi connectivity index (χ2n) is 3.61. The first kappa shape index (κ1) is 10.5. The minimum atomic E-state index is 0.460. The highest BCUT2D eigenvalue weighted by Crippen LogP contribution is 2.30. The van der Waals surface area contributed by atoms with Crippen molar-refractivity contribution in [2.45, 2.75) is 0 Å². The molecule has 0 unspecified atom stereocenters. The van der Waals surface area contributed by atoms with Crippen LogP contribution in [-0.4, -0.2) is 15.5 Å². The fourth-order valence-electron chi connectivity index (χ4n) is 1.61. The summed E-state index contributed by atoms with van der Waals surface area (Å²) in [5, 5.41) is 14.6. The number of para-hydroxylation sites is 2.